The van der Waals surface area contributed by atoms with Gasteiger partial charge in [-0.25, -0.2) is 4.39 Å². The molecule has 1 heterocycles. The zero-order valence-corrected chi connectivity index (χ0v) is 16.9. The Kier molecular flexibility index (Phi) is 7.91. The molecular formula is C21H22ClFN2O2S. The number of morpholine rings is 1. The van der Waals surface area contributed by atoms with Gasteiger partial charge in [-0.2, -0.15) is 0 Å². The minimum atomic E-state index is -0.258. The molecule has 1 saturated heterocycles. The van der Waals surface area contributed by atoms with E-state index in [2.05, 4.69) is 10.2 Å². The molecule has 0 radical (unpaired) electrons. The molecule has 0 saturated carbocycles. The van der Waals surface area contributed by atoms with Crippen molar-refractivity contribution >= 4 is 35.3 Å². The van der Waals surface area contributed by atoms with Crippen LogP contribution in [0.5, 0.6) is 0 Å². The van der Waals surface area contributed by atoms with Crippen molar-refractivity contribution in [1.82, 2.24) is 10.2 Å². The molecule has 1 aliphatic heterocycles. The smallest absolute Gasteiger partial charge is 0.244 e. The molecule has 1 N–H and O–H groups in total. The monoisotopic (exact) mass is 420 g/mol. The van der Waals surface area contributed by atoms with Gasteiger partial charge >= 0.3 is 0 Å². The molecule has 1 amide bonds. The number of carbonyl (C=O) groups excluding carboxylic acids is 1. The van der Waals surface area contributed by atoms with Gasteiger partial charge in [-0.3, -0.25) is 9.69 Å². The summed E-state index contributed by atoms with van der Waals surface area (Å²) in [6.07, 6.45) is 3.20. The summed E-state index contributed by atoms with van der Waals surface area (Å²) >= 11 is 7.84. The maximum absolute atomic E-state index is 13.0. The minimum absolute atomic E-state index is 0.144. The average molecular weight is 421 g/mol. The van der Waals surface area contributed by atoms with Gasteiger partial charge in [0.05, 0.1) is 13.2 Å². The van der Waals surface area contributed by atoms with Gasteiger partial charge in [-0.15, -0.1) is 0 Å². The average Bonchev–Trinajstić information content (AvgIpc) is 2.70. The number of nitrogens with zero attached hydrogens (tertiary/aromatic N) is 1. The molecule has 0 unspecified atom stereocenters. The Morgan fingerprint density at radius 1 is 1.18 bits per heavy atom. The Hall–Kier alpha value is -1.86. The van der Waals surface area contributed by atoms with Crippen molar-refractivity contribution in [2.45, 2.75) is 9.79 Å². The van der Waals surface area contributed by atoms with Crippen LogP contribution in [0.1, 0.15) is 5.56 Å². The predicted octanol–water partition coefficient (Wildman–Crippen LogP) is 4.09. The molecule has 0 bridgehead atoms. The first kappa shape index (κ1) is 20.9. The van der Waals surface area contributed by atoms with E-state index in [0.29, 0.717) is 11.6 Å². The molecule has 4 nitrogen and oxygen atoms in total. The molecule has 0 spiro atoms. The van der Waals surface area contributed by atoms with E-state index in [-0.39, 0.29) is 11.7 Å². The van der Waals surface area contributed by atoms with Gasteiger partial charge in [0.15, 0.2) is 0 Å². The summed E-state index contributed by atoms with van der Waals surface area (Å²) < 4.78 is 18.3. The second-order valence-electron chi connectivity index (χ2n) is 6.32. The highest BCUT2D eigenvalue weighted by Gasteiger charge is 2.09. The summed E-state index contributed by atoms with van der Waals surface area (Å²) in [5.74, 6) is -0.403. The minimum Gasteiger partial charge on any atom is -0.379 e. The lowest BCUT2D eigenvalue weighted by Crippen LogP contribution is -2.41. The summed E-state index contributed by atoms with van der Waals surface area (Å²) in [6, 6.07) is 11.9. The zero-order chi connectivity index (χ0) is 19.8. The molecule has 1 fully saturated rings. The zero-order valence-electron chi connectivity index (χ0n) is 15.4. The molecule has 28 heavy (non-hydrogen) atoms. The molecule has 0 aromatic heterocycles. The molecule has 0 atom stereocenters. The van der Waals surface area contributed by atoms with Crippen LogP contribution in [-0.4, -0.2) is 50.2 Å². The quantitative estimate of drug-likeness (QED) is 0.685. The first-order valence-corrected chi connectivity index (χ1v) is 10.3. The van der Waals surface area contributed by atoms with E-state index >= 15 is 0 Å². The van der Waals surface area contributed by atoms with Gasteiger partial charge in [0, 0.05) is 47.1 Å². The number of hydrogen-bond acceptors (Lipinski definition) is 4. The van der Waals surface area contributed by atoms with Crippen LogP contribution in [0.4, 0.5) is 4.39 Å². The summed E-state index contributed by atoms with van der Waals surface area (Å²) in [7, 11) is 0. The fraction of sp³-hybridized carbons (Fsp3) is 0.286. The van der Waals surface area contributed by atoms with E-state index in [9.17, 15) is 9.18 Å². The van der Waals surface area contributed by atoms with E-state index in [4.69, 9.17) is 16.3 Å². The summed E-state index contributed by atoms with van der Waals surface area (Å²) in [4.78, 5) is 16.1. The van der Waals surface area contributed by atoms with Crippen molar-refractivity contribution in [3.63, 3.8) is 0 Å². The number of rotatable bonds is 7. The highest BCUT2D eigenvalue weighted by Crippen LogP contribution is 2.31. The molecule has 7 heteroatoms. The largest absolute Gasteiger partial charge is 0.379 e. The Morgan fingerprint density at radius 2 is 1.89 bits per heavy atom. The van der Waals surface area contributed by atoms with Crippen LogP contribution >= 0.6 is 23.4 Å². The second-order valence-corrected chi connectivity index (χ2v) is 7.87. The third kappa shape index (κ3) is 6.63. The Bertz CT molecular complexity index is 824. The third-order valence-electron chi connectivity index (χ3n) is 4.27. The van der Waals surface area contributed by atoms with Crippen molar-refractivity contribution in [1.29, 1.82) is 0 Å². The van der Waals surface area contributed by atoms with Crippen LogP contribution in [0.2, 0.25) is 5.02 Å². The number of carbonyl (C=O) groups is 1. The van der Waals surface area contributed by atoms with Crippen LogP contribution in [0.15, 0.2) is 58.3 Å². The Balaban J connectivity index is 1.49. The van der Waals surface area contributed by atoms with Gasteiger partial charge < -0.3 is 10.1 Å². The van der Waals surface area contributed by atoms with Gasteiger partial charge in [-0.1, -0.05) is 29.4 Å². The van der Waals surface area contributed by atoms with Crippen molar-refractivity contribution in [3.05, 3.63) is 64.9 Å². The van der Waals surface area contributed by atoms with Crippen LogP contribution in [0.25, 0.3) is 6.08 Å². The SMILES string of the molecule is O=C(C=Cc1ccc(Sc2ccc(F)cc2)cc1Cl)NCCN1CCOCC1. The van der Waals surface area contributed by atoms with Crippen LogP contribution < -0.4 is 5.32 Å². The predicted molar refractivity (Wildman–Crippen MR) is 111 cm³/mol. The maximum atomic E-state index is 13.0. The first-order valence-electron chi connectivity index (χ1n) is 9.09. The summed E-state index contributed by atoms with van der Waals surface area (Å²) in [6.45, 7) is 4.74. The van der Waals surface area contributed by atoms with E-state index < -0.39 is 0 Å². The fourth-order valence-electron chi connectivity index (χ4n) is 2.73. The lowest BCUT2D eigenvalue weighted by atomic mass is 10.2. The van der Waals surface area contributed by atoms with Crippen LogP contribution in [-0.2, 0) is 9.53 Å². The number of benzene rings is 2. The number of nitrogens with one attached hydrogen (secondary N) is 1. The van der Waals surface area contributed by atoms with E-state index in [0.717, 1.165) is 48.2 Å². The molecule has 2 aromatic carbocycles. The van der Waals surface area contributed by atoms with Gasteiger partial charge in [0.2, 0.25) is 5.91 Å². The third-order valence-corrected chi connectivity index (χ3v) is 5.59. The van der Waals surface area contributed by atoms with E-state index in [1.165, 1.54) is 30.0 Å². The summed E-state index contributed by atoms with van der Waals surface area (Å²) in [5, 5.41) is 3.44. The molecule has 1 aliphatic rings. The van der Waals surface area contributed by atoms with E-state index in [1.54, 1.807) is 18.2 Å². The lowest BCUT2D eigenvalue weighted by Gasteiger charge is -2.26. The summed E-state index contributed by atoms with van der Waals surface area (Å²) in [5.41, 5.74) is 0.772. The number of amides is 1. The van der Waals surface area contributed by atoms with Crippen molar-refractivity contribution in [2.75, 3.05) is 39.4 Å². The topological polar surface area (TPSA) is 41.6 Å². The number of hydrogen-bond donors (Lipinski definition) is 1. The van der Waals surface area contributed by atoms with E-state index in [1.807, 2.05) is 18.2 Å². The molecular weight excluding hydrogens is 399 g/mol. The number of halogens is 2. The van der Waals surface area contributed by atoms with Crippen LogP contribution in [0.3, 0.4) is 0 Å². The Labute approximate surface area is 173 Å². The highest BCUT2D eigenvalue weighted by atomic mass is 35.5. The van der Waals surface area contributed by atoms with Gasteiger partial charge in [0.25, 0.3) is 0 Å². The van der Waals surface area contributed by atoms with Gasteiger partial charge in [0.1, 0.15) is 5.82 Å². The van der Waals surface area contributed by atoms with Crippen LogP contribution in [0, 0.1) is 5.82 Å². The molecule has 148 valence electrons. The normalized spacial score (nSPS) is 15.1. The fourth-order valence-corrected chi connectivity index (χ4v) is 3.90. The standard InChI is InChI=1S/C21H22ClFN2O2S/c22-20-15-19(28-18-6-3-17(23)4-7-18)5-1-16(20)2-8-21(26)24-9-10-25-11-13-27-14-12-25/h1-8,15H,9-14H2,(H,24,26). The maximum Gasteiger partial charge on any atom is 0.244 e. The van der Waals surface area contributed by atoms with Crippen molar-refractivity contribution in [2.24, 2.45) is 0 Å². The number of ether oxygens (including phenoxy) is 1. The Morgan fingerprint density at radius 3 is 2.61 bits per heavy atom. The molecule has 0 aliphatic carbocycles. The lowest BCUT2D eigenvalue weighted by molar-refractivity contribution is -0.116. The van der Waals surface area contributed by atoms with Crippen molar-refractivity contribution in [3.8, 4) is 0 Å². The van der Waals surface area contributed by atoms with Crippen molar-refractivity contribution < 1.29 is 13.9 Å². The van der Waals surface area contributed by atoms with Gasteiger partial charge in [-0.05, 0) is 48.0 Å². The highest BCUT2D eigenvalue weighted by molar-refractivity contribution is 7.99. The molecule has 2 aromatic rings. The second kappa shape index (κ2) is 10.6. The molecule has 3 rings (SSSR count). The first-order chi connectivity index (χ1) is 13.6.